The first-order chi connectivity index (χ1) is 6.94. The van der Waals surface area contributed by atoms with Crippen molar-refractivity contribution in [3.8, 4) is 6.07 Å². The van der Waals surface area contributed by atoms with Gasteiger partial charge >= 0.3 is 0 Å². The normalized spacial score (nSPS) is 47.1. The maximum absolute atomic E-state index is 14.0. The molecule has 9 heteroatoms. The van der Waals surface area contributed by atoms with Crippen LogP contribution in [0, 0.1) is 11.3 Å². The Bertz CT molecular complexity index is 398. The minimum Gasteiger partial charge on any atom is -0.217 e. The lowest BCUT2D eigenvalue weighted by Crippen LogP contribution is -2.63. The van der Waals surface area contributed by atoms with Gasteiger partial charge in [0.05, 0.1) is 11.1 Å². The molecule has 0 bridgehead atoms. The van der Waals surface area contributed by atoms with Gasteiger partial charge in [0.2, 0.25) is 9.21 Å². The molecule has 1 rings (SSSR count). The fourth-order valence-corrected chi connectivity index (χ4v) is 2.68. The Balaban J connectivity index is 3.59. The molecule has 16 heavy (non-hydrogen) atoms. The number of hydrogen-bond donors (Lipinski definition) is 0. The Morgan fingerprint density at radius 2 is 1.50 bits per heavy atom. The van der Waals surface area contributed by atoms with E-state index in [-0.39, 0.29) is 0 Å². The molecule has 0 saturated heterocycles. The minimum absolute atomic E-state index is 0.614. The second-order valence-corrected chi connectivity index (χ2v) is 6.41. The van der Waals surface area contributed by atoms with Gasteiger partial charge in [-0.3, -0.25) is 0 Å². The summed E-state index contributed by atoms with van der Waals surface area (Å²) in [7, 11) is 0. The quantitative estimate of drug-likeness (QED) is 0.586. The summed E-state index contributed by atoms with van der Waals surface area (Å²) < 4.78 is 25.3. The van der Waals surface area contributed by atoms with Crippen molar-refractivity contribution in [2.45, 2.75) is 19.5 Å². The topological polar surface area (TPSA) is 23.8 Å². The lowest BCUT2D eigenvalue weighted by molar-refractivity contribution is 0.0685. The van der Waals surface area contributed by atoms with Gasteiger partial charge in [-0.15, -0.1) is 0 Å². The highest BCUT2D eigenvalue weighted by atomic mass is 35.5. The van der Waals surface area contributed by atoms with Gasteiger partial charge in [0.25, 0.3) is 10.3 Å². The van der Waals surface area contributed by atoms with Crippen LogP contribution in [0.25, 0.3) is 0 Å². The van der Waals surface area contributed by atoms with Gasteiger partial charge in [-0.2, -0.15) is 5.26 Å². The number of hydrogen-bond acceptors (Lipinski definition) is 1. The van der Waals surface area contributed by atoms with E-state index in [0.29, 0.717) is 6.08 Å². The molecule has 3 atom stereocenters. The molecule has 0 radical (unpaired) electrons. The van der Waals surface area contributed by atoms with Gasteiger partial charge in [-0.05, 0) is 6.08 Å². The Morgan fingerprint density at radius 1 is 1.06 bits per heavy atom. The van der Waals surface area contributed by atoms with Crippen molar-refractivity contribution in [1.29, 1.82) is 5.26 Å². The highest BCUT2D eigenvalue weighted by Gasteiger charge is 2.76. The molecule has 0 aromatic heterocycles. The Morgan fingerprint density at radius 3 is 1.88 bits per heavy atom. The smallest absolute Gasteiger partial charge is 0.217 e. The number of halogens is 8. The molecular formula is C7HCl6F2N. The second kappa shape index (κ2) is 3.91. The maximum atomic E-state index is 14.0. The number of rotatable bonds is 0. The van der Waals surface area contributed by atoms with Crippen molar-refractivity contribution in [3.05, 3.63) is 11.1 Å². The van der Waals surface area contributed by atoms with Crippen molar-refractivity contribution < 1.29 is 8.78 Å². The maximum Gasteiger partial charge on any atom is 0.272 e. The molecule has 0 N–H and O–H groups in total. The van der Waals surface area contributed by atoms with Crippen LogP contribution < -0.4 is 0 Å². The van der Waals surface area contributed by atoms with E-state index >= 15 is 0 Å². The van der Waals surface area contributed by atoms with Gasteiger partial charge in [0.1, 0.15) is 0 Å². The van der Waals surface area contributed by atoms with Gasteiger partial charge in [0, 0.05) is 0 Å². The van der Waals surface area contributed by atoms with E-state index in [4.69, 9.17) is 74.9 Å². The van der Waals surface area contributed by atoms with Gasteiger partial charge < -0.3 is 0 Å². The monoisotopic (exact) mass is 347 g/mol. The molecule has 90 valence electrons. The molecule has 1 nitrogen and oxygen atoms in total. The number of nitrogens with zero attached hydrogens (tertiary/aromatic N) is 1. The number of allylic oxidation sites excluding steroid dienone is 2. The Hall–Kier alpha value is 0.830. The Labute approximate surface area is 120 Å². The van der Waals surface area contributed by atoms with Crippen LogP contribution in [0.3, 0.4) is 0 Å². The molecule has 3 unspecified atom stereocenters. The van der Waals surface area contributed by atoms with E-state index in [1.165, 1.54) is 6.07 Å². The Kier molecular flexibility index (Phi) is 3.64. The zero-order valence-electron chi connectivity index (χ0n) is 7.05. The summed E-state index contributed by atoms with van der Waals surface area (Å²) in [6.45, 7) is 0. The van der Waals surface area contributed by atoms with E-state index in [1.807, 2.05) is 0 Å². The molecule has 0 aromatic carbocycles. The first-order valence-electron chi connectivity index (χ1n) is 3.56. The van der Waals surface area contributed by atoms with E-state index in [1.54, 1.807) is 0 Å². The lowest BCUT2D eigenvalue weighted by atomic mass is 9.90. The van der Waals surface area contributed by atoms with Gasteiger partial charge in [0.15, 0.2) is 0 Å². The van der Waals surface area contributed by atoms with Crippen LogP contribution in [0.5, 0.6) is 0 Å². The molecular weight excluding hydrogens is 349 g/mol. The van der Waals surface area contributed by atoms with E-state index in [2.05, 4.69) is 0 Å². The first-order valence-corrected chi connectivity index (χ1v) is 5.83. The van der Waals surface area contributed by atoms with Crippen molar-refractivity contribution in [1.82, 2.24) is 0 Å². The average Bonchev–Trinajstić information content (AvgIpc) is 2.14. The predicted molar refractivity (Wildman–Crippen MR) is 62.0 cm³/mol. The third-order valence-corrected chi connectivity index (χ3v) is 5.49. The third-order valence-electron chi connectivity index (χ3n) is 2.03. The molecule has 1 aliphatic carbocycles. The summed E-state index contributed by atoms with van der Waals surface area (Å²) in [6, 6.07) is 1.25. The lowest BCUT2D eigenvalue weighted by Gasteiger charge is -2.45. The van der Waals surface area contributed by atoms with Crippen molar-refractivity contribution in [2.75, 3.05) is 0 Å². The van der Waals surface area contributed by atoms with Crippen LogP contribution in [0.2, 0.25) is 0 Å². The SMILES string of the molecule is N#CC1(Cl)C=C(Cl)C(Cl)(Cl)C(F)(Cl)C1(F)Cl. The van der Waals surface area contributed by atoms with E-state index in [0.717, 1.165) is 0 Å². The second-order valence-electron chi connectivity index (χ2n) is 3.04. The zero-order chi connectivity index (χ0) is 13.0. The fourth-order valence-electron chi connectivity index (χ4n) is 1.03. The molecule has 0 heterocycles. The first kappa shape index (κ1) is 14.9. The summed E-state index contributed by atoms with van der Waals surface area (Å²) in [6.07, 6.45) is 0.614. The van der Waals surface area contributed by atoms with Crippen molar-refractivity contribution >= 4 is 69.6 Å². The van der Waals surface area contributed by atoms with Crippen LogP contribution >= 0.6 is 69.6 Å². The molecule has 0 amide bonds. The summed E-state index contributed by atoms with van der Waals surface area (Å²) in [4.78, 5) is -2.62. The molecule has 1 aliphatic rings. The largest absolute Gasteiger partial charge is 0.272 e. The minimum atomic E-state index is -3.58. The van der Waals surface area contributed by atoms with Crippen molar-refractivity contribution in [2.24, 2.45) is 0 Å². The van der Waals surface area contributed by atoms with Crippen molar-refractivity contribution in [3.63, 3.8) is 0 Å². The van der Waals surface area contributed by atoms with E-state index < -0.39 is 24.5 Å². The molecule has 0 saturated carbocycles. The summed E-state index contributed by atoms with van der Waals surface area (Å²) in [5.74, 6) is 0. The highest BCUT2D eigenvalue weighted by Crippen LogP contribution is 2.63. The summed E-state index contributed by atoms with van der Waals surface area (Å²) in [5, 5.41) is 0.928. The highest BCUT2D eigenvalue weighted by molar-refractivity contribution is 6.62. The van der Waals surface area contributed by atoms with Crippen LogP contribution in [0.1, 0.15) is 0 Å². The van der Waals surface area contributed by atoms with Gasteiger partial charge in [-0.25, -0.2) is 8.78 Å². The number of nitriles is 1. The number of alkyl halides is 7. The van der Waals surface area contributed by atoms with Crippen LogP contribution in [-0.2, 0) is 0 Å². The van der Waals surface area contributed by atoms with Crippen LogP contribution in [-0.4, -0.2) is 19.5 Å². The fraction of sp³-hybridized carbons (Fsp3) is 0.571. The van der Waals surface area contributed by atoms with Crippen LogP contribution in [0.15, 0.2) is 11.1 Å². The zero-order valence-corrected chi connectivity index (χ0v) is 11.6. The van der Waals surface area contributed by atoms with E-state index in [9.17, 15) is 8.78 Å². The molecule has 0 aliphatic heterocycles. The predicted octanol–water partition coefficient (Wildman–Crippen LogP) is 4.61. The summed E-state index contributed by atoms with van der Waals surface area (Å²) in [5.41, 5.74) is 0. The molecule has 0 spiro atoms. The molecule has 0 aromatic rings. The van der Waals surface area contributed by atoms with Crippen LogP contribution in [0.4, 0.5) is 8.78 Å². The summed E-state index contributed by atoms with van der Waals surface area (Å²) >= 11 is 32.3. The third kappa shape index (κ3) is 1.62. The molecule has 0 fully saturated rings. The average molecular weight is 350 g/mol. The van der Waals surface area contributed by atoms with Gasteiger partial charge in [-0.1, -0.05) is 69.6 Å². The standard InChI is InChI=1S/C7HCl6F2N/c8-3-1-4(9,2-16)6(12,14)7(13,15)5(3,10)11/h1H.